The third-order valence-corrected chi connectivity index (χ3v) is 1.80. The van der Waals surface area contributed by atoms with Crippen molar-refractivity contribution in [2.24, 2.45) is 0 Å². The monoisotopic (exact) mass is 188 g/mol. The van der Waals surface area contributed by atoms with Crippen molar-refractivity contribution in [2.45, 2.75) is 6.92 Å². The summed E-state index contributed by atoms with van der Waals surface area (Å²) in [5.41, 5.74) is 1.03. The van der Waals surface area contributed by atoms with Crippen LogP contribution in [0.1, 0.15) is 5.56 Å². The number of benzene rings is 1. The number of thiol groups is 1. The third-order valence-electron chi connectivity index (χ3n) is 1.37. The highest BCUT2D eigenvalue weighted by Crippen LogP contribution is 2.27. The number of aryl methyl sites for hydroxylation is 1. The van der Waals surface area contributed by atoms with Crippen LogP contribution in [-0.4, -0.2) is 5.94 Å². The summed E-state index contributed by atoms with van der Waals surface area (Å²) in [6, 6.07) is 5.64. The highest BCUT2D eigenvalue weighted by Gasteiger charge is 2.02. The zero-order valence-corrected chi connectivity index (χ0v) is 7.82. The molecule has 1 aromatic rings. The zero-order valence-electron chi connectivity index (χ0n) is 6.17. The average molecular weight is 189 g/mol. The van der Waals surface area contributed by atoms with Crippen molar-refractivity contribution >= 4 is 24.2 Å². The Bertz CT molecular complexity index is 230. The van der Waals surface area contributed by atoms with Crippen LogP contribution in [0.3, 0.4) is 0 Å². The smallest absolute Gasteiger partial charge is 0.142 e. The lowest BCUT2D eigenvalue weighted by Gasteiger charge is -2.07. The van der Waals surface area contributed by atoms with Gasteiger partial charge in [0, 0.05) is 0 Å². The van der Waals surface area contributed by atoms with Crippen LogP contribution in [0.15, 0.2) is 18.2 Å². The highest BCUT2D eigenvalue weighted by atomic mass is 35.5. The van der Waals surface area contributed by atoms with Crippen molar-refractivity contribution in [3.63, 3.8) is 0 Å². The molecule has 1 aromatic carbocycles. The van der Waals surface area contributed by atoms with Crippen molar-refractivity contribution in [2.75, 3.05) is 5.94 Å². The minimum Gasteiger partial charge on any atom is -0.481 e. The fraction of sp³-hybridized carbons (Fsp3) is 0.250. The van der Waals surface area contributed by atoms with E-state index in [0.29, 0.717) is 11.0 Å². The number of ether oxygens (including phenoxy) is 1. The van der Waals surface area contributed by atoms with E-state index in [1.54, 1.807) is 6.07 Å². The molecule has 0 heterocycles. The maximum atomic E-state index is 5.85. The van der Waals surface area contributed by atoms with Crippen LogP contribution in [0.5, 0.6) is 5.75 Å². The first-order valence-electron chi connectivity index (χ1n) is 3.24. The van der Waals surface area contributed by atoms with Gasteiger partial charge in [-0.3, -0.25) is 0 Å². The average Bonchev–Trinajstić information content (AvgIpc) is 1.97. The van der Waals surface area contributed by atoms with Crippen LogP contribution >= 0.6 is 24.2 Å². The van der Waals surface area contributed by atoms with Gasteiger partial charge in [0.05, 0.1) is 5.02 Å². The van der Waals surface area contributed by atoms with Gasteiger partial charge >= 0.3 is 0 Å². The largest absolute Gasteiger partial charge is 0.481 e. The first-order valence-corrected chi connectivity index (χ1v) is 4.25. The molecule has 0 fully saturated rings. The molecule has 0 unspecified atom stereocenters. The standard InChI is InChI=1S/C8H9ClOS/c1-6-3-2-4-7(9)8(6)10-5-11/h2-4,11H,5H2,1H3. The molecular formula is C8H9ClOS. The van der Waals surface area contributed by atoms with E-state index in [-0.39, 0.29) is 0 Å². The molecule has 1 nitrogen and oxygen atoms in total. The quantitative estimate of drug-likeness (QED) is 0.555. The zero-order chi connectivity index (χ0) is 8.27. The molecule has 0 saturated heterocycles. The van der Waals surface area contributed by atoms with Crippen LogP contribution in [0.4, 0.5) is 0 Å². The molecule has 11 heavy (non-hydrogen) atoms. The van der Waals surface area contributed by atoms with E-state index in [9.17, 15) is 0 Å². The molecule has 0 aromatic heterocycles. The predicted octanol–water partition coefficient (Wildman–Crippen LogP) is 2.91. The molecule has 0 aliphatic carbocycles. The molecule has 0 aliphatic rings. The van der Waals surface area contributed by atoms with Gasteiger partial charge in [-0.1, -0.05) is 23.7 Å². The Morgan fingerprint density at radius 3 is 2.82 bits per heavy atom. The SMILES string of the molecule is Cc1cccc(Cl)c1OCS. The van der Waals surface area contributed by atoms with Gasteiger partial charge in [-0.25, -0.2) is 0 Å². The molecule has 0 radical (unpaired) electrons. The number of para-hydroxylation sites is 1. The second-order valence-electron chi connectivity index (χ2n) is 2.16. The van der Waals surface area contributed by atoms with Gasteiger partial charge in [-0.15, -0.1) is 12.6 Å². The Kier molecular flexibility index (Phi) is 3.09. The lowest BCUT2D eigenvalue weighted by molar-refractivity contribution is 0.392. The summed E-state index contributed by atoms with van der Waals surface area (Å²) in [6.07, 6.45) is 0. The Labute approximate surface area is 76.7 Å². The van der Waals surface area contributed by atoms with E-state index < -0.39 is 0 Å². The van der Waals surface area contributed by atoms with Crippen molar-refractivity contribution in [1.29, 1.82) is 0 Å². The minimum atomic E-state index is 0.352. The summed E-state index contributed by atoms with van der Waals surface area (Å²) < 4.78 is 5.20. The highest BCUT2D eigenvalue weighted by molar-refractivity contribution is 7.80. The molecule has 1 rings (SSSR count). The lowest BCUT2D eigenvalue weighted by atomic mass is 10.2. The summed E-state index contributed by atoms with van der Waals surface area (Å²) in [6.45, 7) is 1.95. The van der Waals surface area contributed by atoms with Crippen LogP contribution in [-0.2, 0) is 0 Å². The molecule has 0 spiro atoms. The van der Waals surface area contributed by atoms with Gasteiger partial charge in [0.2, 0.25) is 0 Å². The van der Waals surface area contributed by atoms with E-state index in [1.807, 2.05) is 19.1 Å². The first-order chi connectivity index (χ1) is 5.25. The van der Waals surface area contributed by atoms with Gasteiger partial charge < -0.3 is 4.74 Å². The Morgan fingerprint density at radius 1 is 1.55 bits per heavy atom. The minimum absolute atomic E-state index is 0.352. The topological polar surface area (TPSA) is 9.23 Å². The number of halogens is 1. The molecule has 0 amide bonds. The van der Waals surface area contributed by atoms with Crippen LogP contribution in [0.2, 0.25) is 5.02 Å². The summed E-state index contributed by atoms with van der Waals surface area (Å²) >= 11 is 9.80. The Balaban J connectivity index is 3.00. The number of hydrogen-bond acceptors (Lipinski definition) is 2. The maximum Gasteiger partial charge on any atom is 0.142 e. The van der Waals surface area contributed by atoms with E-state index in [4.69, 9.17) is 16.3 Å². The molecular weight excluding hydrogens is 180 g/mol. The lowest BCUT2D eigenvalue weighted by Crippen LogP contribution is -1.92. The summed E-state index contributed by atoms with van der Waals surface area (Å²) in [7, 11) is 0. The van der Waals surface area contributed by atoms with Gasteiger partial charge in [-0.05, 0) is 18.6 Å². The number of hydrogen-bond donors (Lipinski definition) is 1. The predicted molar refractivity (Wildman–Crippen MR) is 50.7 cm³/mol. The Hall–Kier alpha value is -0.340. The first kappa shape index (κ1) is 8.75. The van der Waals surface area contributed by atoms with E-state index in [1.165, 1.54) is 0 Å². The van der Waals surface area contributed by atoms with Gasteiger partial charge in [0.25, 0.3) is 0 Å². The van der Waals surface area contributed by atoms with Crippen LogP contribution in [0, 0.1) is 6.92 Å². The van der Waals surface area contributed by atoms with Crippen molar-refractivity contribution in [1.82, 2.24) is 0 Å². The Morgan fingerprint density at radius 2 is 2.27 bits per heavy atom. The molecule has 0 aliphatic heterocycles. The van der Waals surface area contributed by atoms with Crippen molar-refractivity contribution in [3.05, 3.63) is 28.8 Å². The van der Waals surface area contributed by atoms with Gasteiger partial charge in [0.1, 0.15) is 11.7 Å². The van der Waals surface area contributed by atoms with Crippen LogP contribution < -0.4 is 4.74 Å². The molecule has 0 saturated carbocycles. The fourth-order valence-electron chi connectivity index (χ4n) is 0.864. The maximum absolute atomic E-state index is 5.85. The van der Waals surface area contributed by atoms with Crippen molar-refractivity contribution < 1.29 is 4.74 Å². The normalized spacial score (nSPS) is 9.73. The molecule has 0 atom stereocenters. The second kappa shape index (κ2) is 3.88. The van der Waals surface area contributed by atoms with Gasteiger partial charge in [0.15, 0.2) is 0 Å². The van der Waals surface area contributed by atoms with E-state index in [0.717, 1.165) is 11.3 Å². The summed E-state index contributed by atoms with van der Waals surface area (Å²) in [5.74, 6) is 1.08. The van der Waals surface area contributed by atoms with Crippen LogP contribution in [0.25, 0.3) is 0 Å². The summed E-state index contributed by atoms with van der Waals surface area (Å²) in [4.78, 5) is 0. The molecule has 60 valence electrons. The molecule has 0 N–H and O–H groups in total. The fourth-order valence-corrected chi connectivity index (χ4v) is 1.27. The second-order valence-corrected chi connectivity index (χ2v) is 2.82. The molecule has 3 heteroatoms. The van der Waals surface area contributed by atoms with E-state index >= 15 is 0 Å². The van der Waals surface area contributed by atoms with E-state index in [2.05, 4.69) is 12.6 Å². The third kappa shape index (κ3) is 2.04. The molecule has 0 bridgehead atoms. The van der Waals surface area contributed by atoms with Crippen molar-refractivity contribution in [3.8, 4) is 5.75 Å². The van der Waals surface area contributed by atoms with Gasteiger partial charge in [-0.2, -0.15) is 0 Å². The summed E-state index contributed by atoms with van der Waals surface area (Å²) in [5, 5.41) is 0.638. The number of rotatable bonds is 2.